The summed E-state index contributed by atoms with van der Waals surface area (Å²) in [6, 6.07) is 20.1. The fourth-order valence-corrected chi connectivity index (χ4v) is 6.05. The minimum atomic E-state index is -1.87. The van der Waals surface area contributed by atoms with Crippen molar-refractivity contribution in [3.05, 3.63) is 89.1 Å². The van der Waals surface area contributed by atoms with Gasteiger partial charge in [0.25, 0.3) is 0 Å². The molecule has 2 heterocycles. The monoisotopic (exact) mass is 463 g/mol. The molecule has 0 bridgehead atoms. The van der Waals surface area contributed by atoms with Gasteiger partial charge in [-0.25, -0.2) is 4.57 Å². The number of rotatable bonds is 3. The second-order valence-electron chi connectivity index (χ2n) is 9.87. The van der Waals surface area contributed by atoms with Crippen LogP contribution >= 0.6 is 0 Å². The van der Waals surface area contributed by atoms with Crippen LogP contribution in [-0.2, 0) is 19.8 Å². The van der Waals surface area contributed by atoms with Gasteiger partial charge >= 0.3 is 0 Å². The molecule has 3 aromatic carbocycles. The maximum absolute atomic E-state index is 9.21. The number of nitrogens with zero attached hydrogens (tertiary/aromatic N) is 1. The predicted octanol–water partition coefficient (Wildman–Crippen LogP) is 8.20. The molecule has 0 radical (unpaired) electrons. The maximum Gasteiger partial charge on any atom is 0.216 e. The SMILES string of the molecule is [2H]C1([2H])CC([2H])([2H])c2c(C3([2H])CCCC3)ccc(-c3cccc4c3oc3c(-c5cccc[n+]5C)c(C)ccc34)c21. The summed E-state index contributed by atoms with van der Waals surface area (Å²) >= 11 is 0. The number of para-hydroxylation sites is 1. The zero-order chi connectivity index (χ0) is 28.0. The summed E-state index contributed by atoms with van der Waals surface area (Å²) in [5.74, 6) is -0.876. The Morgan fingerprint density at radius 1 is 0.829 bits per heavy atom. The van der Waals surface area contributed by atoms with E-state index in [1.807, 2.05) is 55.7 Å². The second kappa shape index (κ2) is 8.09. The highest BCUT2D eigenvalue weighted by atomic mass is 16.3. The fraction of sp³-hybridized carbons (Fsp3) is 0.303. The second-order valence-corrected chi connectivity index (χ2v) is 9.87. The average molecular weight is 464 g/mol. The van der Waals surface area contributed by atoms with Crippen molar-refractivity contribution in [2.24, 2.45) is 7.05 Å². The highest BCUT2D eigenvalue weighted by Gasteiger charge is 2.27. The smallest absolute Gasteiger partial charge is 0.216 e. The molecular weight excluding hydrogens is 426 g/mol. The zero-order valence-electron chi connectivity index (χ0n) is 25.2. The minimum Gasteiger partial charge on any atom is -0.454 e. The van der Waals surface area contributed by atoms with Gasteiger partial charge < -0.3 is 4.42 Å². The van der Waals surface area contributed by atoms with Crippen LogP contribution in [0.1, 0.15) is 67.1 Å². The molecule has 2 heteroatoms. The van der Waals surface area contributed by atoms with Gasteiger partial charge in [-0.2, -0.15) is 0 Å². The number of hydrogen-bond donors (Lipinski definition) is 0. The molecule has 35 heavy (non-hydrogen) atoms. The van der Waals surface area contributed by atoms with Crippen molar-refractivity contribution in [3.8, 4) is 22.4 Å². The Bertz CT molecular complexity index is 1830. The number of furan rings is 1. The first kappa shape index (κ1) is 16.3. The third-order valence-corrected chi connectivity index (χ3v) is 7.80. The van der Waals surface area contributed by atoms with Crippen molar-refractivity contribution in [2.45, 2.75) is 57.7 Å². The Morgan fingerprint density at radius 2 is 1.66 bits per heavy atom. The summed E-state index contributed by atoms with van der Waals surface area (Å²) in [5, 5.41) is 1.93. The summed E-state index contributed by atoms with van der Waals surface area (Å²) in [6.07, 6.45) is 1.28. The van der Waals surface area contributed by atoms with Gasteiger partial charge in [-0.15, -0.1) is 0 Å². The van der Waals surface area contributed by atoms with Crippen LogP contribution in [0.3, 0.4) is 0 Å². The van der Waals surface area contributed by atoms with Crippen LogP contribution in [-0.4, -0.2) is 0 Å². The molecular formula is C33H32NO+. The van der Waals surface area contributed by atoms with E-state index in [-0.39, 0.29) is 6.42 Å². The van der Waals surface area contributed by atoms with Gasteiger partial charge in [0.1, 0.15) is 18.2 Å². The Hall–Kier alpha value is -3.39. The summed E-state index contributed by atoms with van der Waals surface area (Å²) in [5.41, 5.74) is 7.44. The van der Waals surface area contributed by atoms with Gasteiger partial charge in [-0.1, -0.05) is 55.3 Å². The average Bonchev–Trinajstić information content (AvgIpc) is 3.57. The van der Waals surface area contributed by atoms with Crippen LogP contribution in [0.2, 0.25) is 0 Å². The van der Waals surface area contributed by atoms with Crippen molar-refractivity contribution < 1.29 is 15.8 Å². The highest BCUT2D eigenvalue weighted by Crippen LogP contribution is 2.45. The molecule has 0 N–H and O–H groups in total. The number of hydrogen-bond acceptors (Lipinski definition) is 1. The molecule has 7 rings (SSSR count). The quantitative estimate of drug-likeness (QED) is 0.246. The van der Waals surface area contributed by atoms with Gasteiger partial charge in [0.15, 0.2) is 6.20 Å². The molecule has 0 atom stereocenters. The van der Waals surface area contributed by atoms with Crippen LogP contribution in [0.5, 0.6) is 0 Å². The standard InChI is InChI=1S/C33H32NO/c1-21-16-17-29-28-14-8-13-27(32(28)35-33(29)31(21)30-15-5-6-20-34(30)2)26-19-18-23(22-9-3-4-10-22)24-11-7-12-25(24)26/h5-6,8,13-20,22H,3-4,7,9-12H2,1-2H3/q+1/i11D2,12D2,22D. The predicted molar refractivity (Wildman–Crippen MR) is 144 cm³/mol. The first-order valence-electron chi connectivity index (χ1n) is 15.1. The third kappa shape index (κ3) is 3.19. The van der Waals surface area contributed by atoms with E-state index in [2.05, 4.69) is 29.7 Å². The van der Waals surface area contributed by atoms with Crippen molar-refractivity contribution in [1.82, 2.24) is 0 Å². The van der Waals surface area contributed by atoms with Crippen LogP contribution in [0, 0.1) is 6.92 Å². The summed E-state index contributed by atoms with van der Waals surface area (Å²) in [4.78, 5) is 0. The Morgan fingerprint density at radius 3 is 2.51 bits per heavy atom. The van der Waals surface area contributed by atoms with Gasteiger partial charge in [-0.3, -0.25) is 0 Å². The van der Waals surface area contributed by atoms with E-state index in [1.54, 1.807) is 0 Å². The molecule has 2 aromatic heterocycles. The molecule has 2 nitrogen and oxygen atoms in total. The summed E-state index contributed by atoms with van der Waals surface area (Å²) in [7, 11) is 2.02. The van der Waals surface area contributed by atoms with Gasteiger partial charge in [0, 0.05) is 35.3 Å². The minimum absolute atomic E-state index is 0.251. The van der Waals surface area contributed by atoms with Crippen LogP contribution in [0.25, 0.3) is 44.3 Å². The topological polar surface area (TPSA) is 17.0 Å². The Balaban J connectivity index is 1.54. The zero-order valence-corrected chi connectivity index (χ0v) is 20.2. The first-order valence-corrected chi connectivity index (χ1v) is 12.6. The lowest BCUT2D eigenvalue weighted by molar-refractivity contribution is -0.660. The van der Waals surface area contributed by atoms with Crippen molar-refractivity contribution in [2.75, 3.05) is 0 Å². The Labute approximate surface area is 214 Å². The number of benzene rings is 3. The van der Waals surface area contributed by atoms with Gasteiger partial charge in [0.05, 0.1) is 5.56 Å². The molecule has 2 aliphatic carbocycles. The number of aromatic nitrogens is 1. The molecule has 0 saturated heterocycles. The van der Waals surface area contributed by atoms with Gasteiger partial charge in [0.2, 0.25) is 5.69 Å². The molecule has 0 amide bonds. The molecule has 5 aromatic rings. The van der Waals surface area contributed by atoms with E-state index in [0.29, 0.717) is 40.7 Å². The Kier molecular flexibility index (Phi) is 3.77. The van der Waals surface area contributed by atoms with E-state index in [0.717, 1.165) is 51.6 Å². The van der Waals surface area contributed by atoms with Crippen molar-refractivity contribution in [1.29, 1.82) is 0 Å². The lowest BCUT2D eigenvalue weighted by atomic mass is 9.87. The van der Waals surface area contributed by atoms with E-state index < -0.39 is 18.6 Å². The molecule has 1 saturated carbocycles. The lowest BCUT2D eigenvalue weighted by Crippen LogP contribution is -2.30. The van der Waals surface area contributed by atoms with Crippen molar-refractivity contribution in [3.63, 3.8) is 0 Å². The molecule has 0 unspecified atom stereocenters. The van der Waals surface area contributed by atoms with E-state index in [4.69, 9.17) is 9.90 Å². The summed E-state index contributed by atoms with van der Waals surface area (Å²) < 4.78 is 53.8. The molecule has 0 spiro atoms. The fourth-order valence-electron chi connectivity index (χ4n) is 6.05. The molecule has 174 valence electrons. The van der Waals surface area contributed by atoms with Crippen LogP contribution < -0.4 is 4.57 Å². The molecule has 1 fully saturated rings. The van der Waals surface area contributed by atoms with Crippen molar-refractivity contribution >= 4 is 21.9 Å². The van der Waals surface area contributed by atoms with Crippen LogP contribution in [0.15, 0.2) is 71.3 Å². The number of aryl methyl sites for hydroxylation is 2. The van der Waals surface area contributed by atoms with E-state index in [1.165, 1.54) is 0 Å². The number of fused-ring (bicyclic) bond motifs is 4. The third-order valence-electron chi connectivity index (χ3n) is 7.80. The lowest BCUT2D eigenvalue weighted by Gasteiger charge is -2.18. The maximum atomic E-state index is 9.21. The normalized spacial score (nSPS) is 21.8. The first-order chi connectivity index (χ1) is 19.0. The molecule has 2 aliphatic rings. The highest BCUT2D eigenvalue weighted by molar-refractivity contribution is 6.13. The van der Waals surface area contributed by atoms with E-state index in [9.17, 15) is 1.37 Å². The molecule has 0 aliphatic heterocycles. The van der Waals surface area contributed by atoms with E-state index >= 15 is 0 Å². The largest absolute Gasteiger partial charge is 0.454 e. The summed E-state index contributed by atoms with van der Waals surface area (Å²) in [6.45, 7) is 2.08. The van der Waals surface area contributed by atoms with Gasteiger partial charge in [-0.05, 0) is 78.7 Å². The van der Waals surface area contributed by atoms with Crippen LogP contribution in [0.4, 0.5) is 0 Å². The number of pyridine rings is 1.